The van der Waals surface area contributed by atoms with Gasteiger partial charge in [-0.2, -0.15) is 0 Å². The Morgan fingerprint density at radius 2 is 2.04 bits per heavy atom. The molecule has 1 amide bonds. The summed E-state index contributed by atoms with van der Waals surface area (Å²) in [5, 5.41) is 7.07. The predicted molar refractivity (Wildman–Crippen MR) is 97.5 cm³/mol. The van der Waals surface area contributed by atoms with Gasteiger partial charge in [-0.15, -0.1) is 5.10 Å². The van der Waals surface area contributed by atoms with E-state index in [0.29, 0.717) is 11.7 Å². The van der Waals surface area contributed by atoms with Crippen LogP contribution >= 0.6 is 11.8 Å². The summed E-state index contributed by atoms with van der Waals surface area (Å²) in [5.74, 6) is 0.238. The van der Waals surface area contributed by atoms with Gasteiger partial charge in [-0.3, -0.25) is 9.36 Å². The van der Waals surface area contributed by atoms with Crippen LogP contribution in [0.3, 0.4) is 0 Å². The van der Waals surface area contributed by atoms with Gasteiger partial charge in [0.15, 0.2) is 5.16 Å². The number of carbonyl (C=O) groups excluding carboxylic acids is 1. The van der Waals surface area contributed by atoms with E-state index in [2.05, 4.69) is 17.1 Å². The van der Waals surface area contributed by atoms with Gasteiger partial charge in [0.1, 0.15) is 0 Å². The summed E-state index contributed by atoms with van der Waals surface area (Å²) < 4.78 is 1.60. The lowest BCUT2D eigenvalue weighted by atomic mass is 10.2. The number of anilines is 1. The Labute approximate surface area is 146 Å². The number of amides is 1. The molecule has 0 aliphatic carbocycles. The van der Waals surface area contributed by atoms with Crippen molar-refractivity contribution in [1.29, 1.82) is 0 Å². The highest BCUT2D eigenvalue weighted by Gasteiger charge is 2.20. The molecule has 24 heavy (non-hydrogen) atoms. The number of thioether (sulfide) groups is 1. The van der Waals surface area contributed by atoms with E-state index in [4.69, 9.17) is 0 Å². The van der Waals surface area contributed by atoms with Crippen LogP contribution in [-0.2, 0) is 11.3 Å². The Balaban J connectivity index is 2.08. The maximum Gasteiger partial charge on any atom is 0.343 e. The molecule has 6 nitrogen and oxygen atoms in total. The third-order valence-corrected chi connectivity index (χ3v) is 4.56. The van der Waals surface area contributed by atoms with Gasteiger partial charge in [0, 0.05) is 18.3 Å². The highest BCUT2D eigenvalue weighted by molar-refractivity contribution is 7.99. The van der Waals surface area contributed by atoms with Crippen molar-refractivity contribution in [2.45, 2.75) is 51.4 Å². The second kappa shape index (κ2) is 8.73. The molecule has 0 radical (unpaired) electrons. The zero-order chi connectivity index (χ0) is 17.5. The molecule has 0 aliphatic rings. The number of nitrogens with zero attached hydrogens (tertiary/aromatic N) is 3. The lowest BCUT2D eigenvalue weighted by Crippen LogP contribution is -2.38. The number of nitrogens with one attached hydrogen (secondary N) is 1. The molecular formula is C17H24N4O2S. The second-order valence-corrected chi connectivity index (χ2v) is 6.74. The van der Waals surface area contributed by atoms with Gasteiger partial charge in [-0.1, -0.05) is 43.3 Å². The molecule has 0 aliphatic heterocycles. The molecule has 1 N–H and O–H groups in total. The van der Waals surface area contributed by atoms with Crippen LogP contribution < -0.4 is 10.6 Å². The largest absolute Gasteiger partial charge is 0.343 e. The number of para-hydroxylation sites is 1. The highest BCUT2D eigenvalue weighted by atomic mass is 32.2. The second-order valence-electron chi connectivity index (χ2n) is 5.80. The number of aromatic amines is 1. The topological polar surface area (TPSA) is 71.0 Å². The monoisotopic (exact) mass is 348 g/mol. The van der Waals surface area contributed by atoms with E-state index < -0.39 is 0 Å². The Hall–Kier alpha value is -2.02. The zero-order valence-corrected chi connectivity index (χ0v) is 15.2. The molecule has 1 aromatic heterocycles. The van der Waals surface area contributed by atoms with Crippen LogP contribution in [0.1, 0.15) is 33.6 Å². The predicted octanol–water partition coefficient (Wildman–Crippen LogP) is 2.91. The fourth-order valence-corrected chi connectivity index (χ4v) is 3.27. The highest BCUT2D eigenvalue weighted by Crippen LogP contribution is 2.20. The maximum absolute atomic E-state index is 12.7. The van der Waals surface area contributed by atoms with Gasteiger partial charge in [0.05, 0.1) is 5.75 Å². The normalized spacial score (nSPS) is 11.0. The Morgan fingerprint density at radius 1 is 1.33 bits per heavy atom. The summed E-state index contributed by atoms with van der Waals surface area (Å²) in [7, 11) is 0. The number of unbranched alkanes of at least 4 members (excludes halogenated alkanes) is 1. The molecule has 1 heterocycles. The average molecular weight is 348 g/mol. The third kappa shape index (κ3) is 4.50. The molecule has 0 spiro atoms. The standard InChI is InChI=1S/C17H24N4O2S/c1-4-5-11-20-16(23)18-19-17(20)24-12-15(22)21(13(2)3)14-9-7-6-8-10-14/h6-10,13H,4-5,11-12H2,1-3H3,(H,18,23). The van der Waals surface area contributed by atoms with Crippen molar-refractivity contribution in [2.24, 2.45) is 0 Å². The van der Waals surface area contributed by atoms with E-state index in [1.807, 2.05) is 44.2 Å². The van der Waals surface area contributed by atoms with Crippen LogP contribution in [0.5, 0.6) is 0 Å². The molecule has 0 unspecified atom stereocenters. The zero-order valence-electron chi connectivity index (χ0n) is 14.4. The molecule has 1 aromatic carbocycles. The first-order valence-electron chi connectivity index (χ1n) is 8.19. The van der Waals surface area contributed by atoms with Crippen molar-refractivity contribution in [2.75, 3.05) is 10.7 Å². The Kier molecular flexibility index (Phi) is 6.66. The van der Waals surface area contributed by atoms with Crippen LogP contribution in [0, 0.1) is 0 Å². The minimum atomic E-state index is -0.220. The van der Waals surface area contributed by atoms with Gasteiger partial charge < -0.3 is 4.90 Å². The lowest BCUT2D eigenvalue weighted by molar-refractivity contribution is -0.116. The van der Waals surface area contributed by atoms with Gasteiger partial charge >= 0.3 is 5.69 Å². The SMILES string of the molecule is CCCCn1c(SCC(=O)N(c2ccccc2)C(C)C)n[nH]c1=O. The van der Waals surface area contributed by atoms with Crippen molar-refractivity contribution in [3.05, 3.63) is 40.8 Å². The van der Waals surface area contributed by atoms with Crippen LogP contribution in [0.15, 0.2) is 40.3 Å². The van der Waals surface area contributed by atoms with Crippen LogP contribution in [-0.4, -0.2) is 32.5 Å². The number of hydrogen-bond donors (Lipinski definition) is 1. The van der Waals surface area contributed by atoms with E-state index in [0.717, 1.165) is 18.5 Å². The number of H-pyrrole nitrogens is 1. The minimum absolute atomic E-state index is 0.00121. The van der Waals surface area contributed by atoms with Crippen molar-refractivity contribution in [3.8, 4) is 0 Å². The van der Waals surface area contributed by atoms with E-state index >= 15 is 0 Å². The van der Waals surface area contributed by atoms with Crippen LogP contribution in [0.2, 0.25) is 0 Å². The quantitative estimate of drug-likeness (QED) is 0.745. The number of hydrogen-bond acceptors (Lipinski definition) is 4. The molecule has 0 bridgehead atoms. The van der Waals surface area contributed by atoms with E-state index in [-0.39, 0.29) is 23.4 Å². The van der Waals surface area contributed by atoms with Gasteiger partial charge in [0.2, 0.25) is 5.91 Å². The number of aromatic nitrogens is 3. The maximum atomic E-state index is 12.7. The molecule has 2 aromatic rings. The fraction of sp³-hybridized carbons (Fsp3) is 0.471. The molecule has 0 saturated heterocycles. The van der Waals surface area contributed by atoms with Crippen molar-refractivity contribution in [1.82, 2.24) is 14.8 Å². The first-order valence-corrected chi connectivity index (χ1v) is 9.18. The van der Waals surface area contributed by atoms with E-state index in [1.165, 1.54) is 11.8 Å². The van der Waals surface area contributed by atoms with Crippen molar-refractivity contribution in [3.63, 3.8) is 0 Å². The third-order valence-electron chi connectivity index (χ3n) is 3.60. The number of carbonyl (C=O) groups is 1. The molecule has 0 fully saturated rings. The van der Waals surface area contributed by atoms with Gasteiger partial charge in [-0.05, 0) is 32.4 Å². The van der Waals surface area contributed by atoms with Crippen molar-refractivity contribution < 1.29 is 4.79 Å². The van der Waals surface area contributed by atoms with Crippen LogP contribution in [0.4, 0.5) is 5.69 Å². The van der Waals surface area contributed by atoms with Crippen LogP contribution in [0.25, 0.3) is 0 Å². The van der Waals surface area contributed by atoms with Gasteiger partial charge in [0.25, 0.3) is 0 Å². The van der Waals surface area contributed by atoms with E-state index in [1.54, 1.807) is 9.47 Å². The number of rotatable bonds is 8. The summed E-state index contributed by atoms with van der Waals surface area (Å²) in [6, 6.07) is 9.67. The van der Waals surface area contributed by atoms with E-state index in [9.17, 15) is 9.59 Å². The molecule has 2 rings (SSSR count). The minimum Gasteiger partial charge on any atom is -0.309 e. The average Bonchev–Trinajstić information content (AvgIpc) is 2.92. The fourth-order valence-electron chi connectivity index (χ4n) is 2.44. The molecule has 0 saturated carbocycles. The van der Waals surface area contributed by atoms with Gasteiger partial charge in [-0.25, -0.2) is 9.89 Å². The summed E-state index contributed by atoms with van der Waals surface area (Å²) >= 11 is 1.30. The number of benzene rings is 1. The summed E-state index contributed by atoms with van der Waals surface area (Å²) in [6.45, 7) is 6.67. The Bertz CT molecular complexity index is 709. The molecule has 130 valence electrons. The first-order chi connectivity index (χ1) is 11.5. The molecular weight excluding hydrogens is 324 g/mol. The molecule has 7 heteroatoms. The summed E-state index contributed by atoms with van der Waals surface area (Å²) in [5.41, 5.74) is 0.658. The van der Waals surface area contributed by atoms with Crippen molar-refractivity contribution >= 4 is 23.4 Å². The first kappa shape index (κ1) is 18.3. The summed E-state index contributed by atoms with van der Waals surface area (Å²) in [6.07, 6.45) is 1.90. The Morgan fingerprint density at radius 3 is 2.67 bits per heavy atom. The molecule has 0 atom stereocenters. The smallest absolute Gasteiger partial charge is 0.309 e. The summed E-state index contributed by atoms with van der Waals surface area (Å²) in [4.78, 5) is 26.2. The lowest BCUT2D eigenvalue weighted by Gasteiger charge is -2.26.